The van der Waals surface area contributed by atoms with Crippen LogP contribution in [0, 0.1) is 47.4 Å². The van der Waals surface area contributed by atoms with E-state index in [-0.39, 0.29) is 48.1 Å². The number of carbonyl (C=O) groups excluding carboxylic acids is 5. The highest BCUT2D eigenvalue weighted by molar-refractivity contribution is 6.38. The maximum absolute atomic E-state index is 14.4. The Morgan fingerprint density at radius 2 is 1.65 bits per heavy atom. The first-order chi connectivity index (χ1) is 23.1. The maximum atomic E-state index is 14.4. The van der Waals surface area contributed by atoms with Gasteiger partial charge in [0.15, 0.2) is 0 Å². The van der Waals surface area contributed by atoms with Gasteiger partial charge in [-0.05, 0) is 60.3 Å². The van der Waals surface area contributed by atoms with E-state index in [0.717, 1.165) is 44.9 Å². The van der Waals surface area contributed by atoms with E-state index in [1.165, 1.54) is 5.56 Å². The number of rotatable bonds is 13. The second-order valence-corrected chi connectivity index (χ2v) is 15.7. The van der Waals surface area contributed by atoms with Crippen LogP contribution in [0.4, 0.5) is 4.79 Å². The highest BCUT2D eigenvalue weighted by Crippen LogP contribution is 2.65. The molecule has 10 nitrogen and oxygen atoms in total. The number of terminal acetylenes is 2. The molecule has 1 aliphatic heterocycles. The molecule has 1 aromatic carbocycles. The fourth-order valence-electron chi connectivity index (χ4n) is 7.86. The van der Waals surface area contributed by atoms with Crippen LogP contribution >= 0.6 is 0 Å². The van der Waals surface area contributed by atoms with Gasteiger partial charge in [-0.2, -0.15) is 0 Å². The molecule has 49 heavy (non-hydrogen) atoms. The third-order valence-electron chi connectivity index (χ3n) is 10.9. The molecule has 1 saturated heterocycles. The summed E-state index contributed by atoms with van der Waals surface area (Å²) >= 11 is 0. The number of ketones is 1. The first kappa shape index (κ1) is 37.5. The molecule has 0 spiro atoms. The molecule has 1 heterocycles. The van der Waals surface area contributed by atoms with Gasteiger partial charge < -0.3 is 26.2 Å². The summed E-state index contributed by atoms with van der Waals surface area (Å²) in [4.78, 5) is 69.3. The smallest absolute Gasteiger partial charge is 0.315 e. The quantitative estimate of drug-likeness (QED) is 0.187. The number of likely N-dealkylation sites (tertiary alicyclic amines) is 1. The number of aryl methyl sites for hydroxylation is 1. The molecule has 2 aliphatic carbocycles. The monoisotopic (exact) mass is 671 g/mol. The lowest BCUT2D eigenvalue weighted by Crippen LogP contribution is -2.63. The molecule has 4 N–H and O–H groups in total. The van der Waals surface area contributed by atoms with Gasteiger partial charge in [0.25, 0.3) is 5.91 Å². The lowest BCUT2D eigenvalue weighted by Gasteiger charge is -2.41. The van der Waals surface area contributed by atoms with Gasteiger partial charge in [0.05, 0.1) is 12.6 Å². The van der Waals surface area contributed by atoms with Crippen molar-refractivity contribution in [3.05, 3.63) is 35.9 Å². The number of Topliss-reactive ketones (excluding diaryl/α,β-unsaturated/α-hetero) is 1. The zero-order chi connectivity index (χ0) is 36.0. The number of nitrogens with zero attached hydrogens (tertiary/aromatic N) is 1. The number of hydrogen-bond donors (Lipinski definition) is 4. The van der Waals surface area contributed by atoms with E-state index in [1.54, 1.807) is 4.90 Å². The predicted octanol–water partition coefficient (Wildman–Crippen LogP) is 3.74. The largest absolute Gasteiger partial charge is 0.344 e. The van der Waals surface area contributed by atoms with Crippen LogP contribution in [0.2, 0.25) is 0 Å². The highest BCUT2D eigenvalue weighted by atomic mass is 16.2. The standard InChI is InChI=1S/C39H53N5O5/c1-8-10-19-28(31(45)34(47)40-24-9-2)41-33(46)30-29-27(38(29,6)7)25-44(30)35(48)32(37(3,4)5)42-36(49)43-39(21-15-12-16-22-39)23-20-26-17-13-11-14-18-26/h1-2,11,13-14,17-18,27-30,32H,10,12,15-16,19-25H2,3-7H3,(H,40,47)(H,41,46)(H2,42,43,49)/t27?,28?,29-,30-,32+/m0/s1. The van der Waals surface area contributed by atoms with Crippen LogP contribution in [0.25, 0.3) is 0 Å². The van der Waals surface area contributed by atoms with Crippen LogP contribution in [-0.2, 0) is 25.6 Å². The average Bonchev–Trinajstić information content (AvgIpc) is 3.37. The van der Waals surface area contributed by atoms with Crippen LogP contribution in [0.1, 0.15) is 91.5 Å². The summed E-state index contributed by atoms with van der Waals surface area (Å²) in [5, 5.41) is 11.4. The van der Waals surface area contributed by atoms with Crippen molar-refractivity contribution in [2.45, 2.75) is 116 Å². The van der Waals surface area contributed by atoms with Crippen molar-refractivity contribution in [3.63, 3.8) is 0 Å². The van der Waals surface area contributed by atoms with Crippen LogP contribution in [0.5, 0.6) is 0 Å². The van der Waals surface area contributed by atoms with Crippen LogP contribution < -0.4 is 21.3 Å². The van der Waals surface area contributed by atoms with E-state index in [4.69, 9.17) is 12.8 Å². The van der Waals surface area contributed by atoms with Gasteiger partial charge in [-0.15, -0.1) is 18.8 Å². The summed E-state index contributed by atoms with van der Waals surface area (Å²) in [6, 6.07) is 6.85. The molecule has 0 bridgehead atoms. The second-order valence-electron chi connectivity index (χ2n) is 15.7. The Kier molecular flexibility index (Phi) is 11.9. The van der Waals surface area contributed by atoms with Crippen molar-refractivity contribution in [2.24, 2.45) is 22.7 Å². The molecule has 1 aromatic rings. The SMILES string of the molecule is C#CCCC(NC(=O)[C@@H]1[C@@H]2C(CN1C(=O)[C@@H](NC(=O)NC1(CCc3ccccc3)CCCCC1)C(C)(C)C)C2(C)C)C(=O)C(=O)NCC#C. The average molecular weight is 672 g/mol. The summed E-state index contributed by atoms with van der Waals surface area (Å²) in [6.07, 6.45) is 17.4. The number of benzene rings is 1. The normalized spacial score (nSPS) is 23.0. The van der Waals surface area contributed by atoms with Gasteiger partial charge in [0, 0.05) is 18.5 Å². The Hall–Kier alpha value is -4.31. The third-order valence-corrected chi connectivity index (χ3v) is 10.9. The van der Waals surface area contributed by atoms with Crippen molar-refractivity contribution >= 4 is 29.5 Å². The van der Waals surface area contributed by atoms with E-state index in [1.807, 2.05) is 39.0 Å². The van der Waals surface area contributed by atoms with Crippen LogP contribution in [0.15, 0.2) is 30.3 Å². The van der Waals surface area contributed by atoms with Gasteiger partial charge in [0.2, 0.25) is 17.6 Å². The summed E-state index contributed by atoms with van der Waals surface area (Å²) in [5.41, 5.74) is -0.0384. The van der Waals surface area contributed by atoms with Crippen LogP contribution in [-0.4, -0.2) is 71.2 Å². The summed E-state index contributed by atoms with van der Waals surface area (Å²) in [5.74, 6) is 1.99. The van der Waals surface area contributed by atoms with Crippen molar-refractivity contribution in [1.82, 2.24) is 26.2 Å². The molecular weight excluding hydrogens is 618 g/mol. The molecule has 3 fully saturated rings. The van der Waals surface area contributed by atoms with Gasteiger partial charge in [0.1, 0.15) is 12.1 Å². The Morgan fingerprint density at radius 1 is 0.980 bits per heavy atom. The van der Waals surface area contributed by atoms with Gasteiger partial charge in [-0.25, -0.2) is 4.79 Å². The number of urea groups is 1. The van der Waals surface area contributed by atoms with E-state index in [0.29, 0.717) is 6.54 Å². The summed E-state index contributed by atoms with van der Waals surface area (Å²) < 4.78 is 0. The van der Waals surface area contributed by atoms with E-state index >= 15 is 0 Å². The number of carbonyl (C=O) groups is 5. The van der Waals surface area contributed by atoms with E-state index in [9.17, 15) is 24.0 Å². The van der Waals surface area contributed by atoms with Crippen molar-refractivity contribution in [3.8, 4) is 24.7 Å². The maximum Gasteiger partial charge on any atom is 0.315 e. The van der Waals surface area contributed by atoms with Crippen LogP contribution in [0.3, 0.4) is 0 Å². The summed E-state index contributed by atoms with van der Waals surface area (Å²) in [7, 11) is 0. The molecule has 5 amide bonds. The third kappa shape index (κ3) is 8.84. The van der Waals surface area contributed by atoms with Gasteiger partial charge in [-0.1, -0.05) is 90.1 Å². The first-order valence-electron chi connectivity index (χ1n) is 17.6. The number of fused-ring (bicyclic) bond motifs is 1. The minimum absolute atomic E-state index is 0.0566. The molecule has 5 atom stereocenters. The lowest BCUT2D eigenvalue weighted by molar-refractivity contribution is -0.145. The van der Waals surface area contributed by atoms with E-state index < -0.39 is 47.2 Å². The minimum Gasteiger partial charge on any atom is -0.344 e. The number of piperidine rings is 1. The van der Waals surface area contributed by atoms with E-state index in [2.05, 4.69) is 59.1 Å². The fraction of sp³-hybridized carbons (Fsp3) is 0.615. The molecule has 4 rings (SSSR count). The van der Waals surface area contributed by atoms with Crippen molar-refractivity contribution in [2.75, 3.05) is 13.1 Å². The van der Waals surface area contributed by atoms with Crippen molar-refractivity contribution < 1.29 is 24.0 Å². The highest BCUT2D eigenvalue weighted by Gasteiger charge is 2.70. The molecule has 264 valence electrons. The molecule has 3 aliphatic rings. The zero-order valence-electron chi connectivity index (χ0n) is 29.7. The minimum atomic E-state index is -1.18. The molecule has 10 heteroatoms. The summed E-state index contributed by atoms with van der Waals surface area (Å²) in [6.45, 7) is 10.0. The number of amides is 5. The van der Waals surface area contributed by atoms with Gasteiger partial charge >= 0.3 is 6.03 Å². The molecule has 0 radical (unpaired) electrons. The Balaban J connectivity index is 1.52. The molecule has 0 aromatic heterocycles. The second kappa shape index (κ2) is 15.5. The Bertz CT molecular complexity index is 1480. The first-order valence-corrected chi connectivity index (χ1v) is 17.6. The molecular formula is C39H53N5O5. The predicted molar refractivity (Wildman–Crippen MR) is 189 cm³/mol. The Morgan fingerprint density at radius 3 is 2.27 bits per heavy atom. The lowest BCUT2D eigenvalue weighted by atomic mass is 9.78. The zero-order valence-corrected chi connectivity index (χ0v) is 29.7. The van der Waals surface area contributed by atoms with Crippen molar-refractivity contribution in [1.29, 1.82) is 0 Å². The Labute approximate surface area is 291 Å². The topological polar surface area (TPSA) is 137 Å². The molecule has 2 unspecified atom stereocenters. The van der Waals surface area contributed by atoms with Gasteiger partial charge in [-0.3, -0.25) is 19.2 Å². The number of hydrogen-bond acceptors (Lipinski definition) is 5. The molecule has 2 saturated carbocycles. The fourth-order valence-corrected chi connectivity index (χ4v) is 7.86. The number of nitrogens with one attached hydrogen (secondary N) is 4.